The smallest absolute Gasteiger partial charge is 0.175 e. The number of fused-ring (bicyclic) bond motifs is 1. The molecular weight excluding hydrogens is 335 g/mol. The number of nitriles is 1. The molecule has 0 saturated carbocycles. The number of rotatable bonds is 2. The minimum atomic E-state index is 0.151. The number of benzene rings is 2. The van der Waals surface area contributed by atoms with Gasteiger partial charge >= 0.3 is 0 Å². The van der Waals surface area contributed by atoms with Gasteiger partial charge in [-0.05, 0) is 18.2 Å². The molecule has 1 aromatic heterocycles. The van der Waals surface area contributed by atoms with Crippen LogP contribution in [0.3, 0.4) is 0 Å². The maximum atomic E-state index is 9.02. The van der Waals surface area contributed by atoms with E-state index in [0.29, 0.717) is 21.1 Å². The van der Waals surface area contributed by atoms with Crippen molar-refractivity contribution in [1.29, 1.82) is 5.26 Å². The van der Waals surface area contributed by atoms with E-state index in [-0.39, 0.29) is 22.1 Å². The molecular formula is C13H5Cl3N4O. The summed E-state index contributed by atoms with van der Waals surface area (Å²) in [4.78, 5) is 0. The predicted molar refractivity (Wildman–Crippen MR) is 80.1 cm³/mol. The Bertz CT molecular complexity index is 885. The van der Waals surface area contributed by atoms with E-state index in [4.69, 9.17) is 44.8 Å². The third-order valence-corrected chi connectivity index (χ3v) is 3.65. The molecule has 3 aromatic rings. The highest BCUT2D eigenvalue weighted by molar-refractivity contribution is 6.35. The molecule has 1 N–H and O–H groups in total. The van der Waals surface area contributed by atoms with Crippen molar-refractivity contribution in [3.8, 4) is 17.6 Å². The summed E-state index contributed by atoms with van der Waals surface area (Å²) >= 11 is 18.2. The average molecular weight is 340 g/mol. The van der Waals surface area contributed by atoms with Crippen LogP contribution < -0.4 is 4.74 Å². The first-order valence-electron chi connectivity index (χ1n) is 5.66. The van der Waals surface area contributed by atoms with Crippen LogP contribution in [0.1, 0.15) is 5.56 Å². The van der Waals surface area contributed by atoms with Gasteiger partial charge in [0.2, 0.25) is 0 Å². The Morgan fingerprint density at radius 3 is 2.76 bits per heavy atom. The van der Waals surface area contributed by atoms with Crippen molar-refractivity contribution in [3.63, 3.8) is 0 Å². The van der Waals surface area contributed by atoms with E-state index in [2.05, 4.69) is 15.4 Å². The van der Waals surface area contributed by atoms with Gasteiger partial charge < -0.3 is 4.74 Å². The summed E-state index contributed by atoms with van der Waals surface area (Å²) in [6.07, 6.45) is 0. The Balaban J connectivity index is 2.15. The van der Waals surface area contributed by atoms with E-state index in [1.807, 2.05) is 6.07 Å². The molecule has 0 aliphatic carbocycles. The van der Waals surface area contributed by atoms with Crippen LogP contribution in [-0.4, -0.2) is 15.4 Å². The molecule has 2 aromatic carbocycles. The molecule has 3 rings (SSSR count). The van der Waals surface area contributed by atoms with E-state index in [0.717, 1.165) is 0 Å². The van der Waals surface area contributed by atoms with Crippen LogP contribution in [0.15, 0.2) is 24.3 Å². The molecule has 0 atom stereocenters. The molecule has 21 heavy (non-hydrogen) atoms. The van der Waals surface area contributed by atoms with E-state index in [9.17, 15) is 0 Å². The van der Waals surface area contributed by atoms with Gasteiger partial charge in [-0.1, -0.05) is 40.0 Å². The third-order valence-electron chi connectivity index (χ3n) is 2.74. The second kappa shape index (κ2) is 5.41. The first-order valence-corrected chi connectivity index (χ1v) is 6.80. The molecule has 0 fully saturated rings. The number of halogens is 3. The lowest BCUT2D eigenvalue weighted by Crippen LogP contribution is -1.90. The Morgan fingerprint density at radius 2 is 2.00 bits per heavy atom. The molecule has 8 heteroatoms. The lowest BCUT2D eigenvalue weighted by molar-refractivity contribution is 0.487. The molecule has 0 radical (unpaired) electrons. The number of H-pyrrole nitrogens is 1. The first-order chi connectivity index (χ1) is 10.1. The summed E-state index contributed by atoms with van der Waals surface area (Å²) in [7, 11) is 0. The third kappa shape index (κ3) is 2.49. The fourth-order valence-corrected chi connectivity index (χ4v) is 2.38. The number of aromatic nitrogens is 3. The van der Waals surface area contributed by atoms with Gasteiger partial charge in [-0.15, -0.1) is 5.10 Å². The quantitative estimate of drug-likeness (QED) is 0.741. The van der Waals surface area contributed by atoms with Crippen LogP contribution in [0.5, 0.6) is 11.5 Å². The zero-order valence-corrected chi connectivity index (χ0v) is 12.5. The topological polar surface area (TPSA) is 74.6 Å². The molecule has 0 unspecified atom stereocenters. The Morgan fingerprint density at radius 1 is 1.19 bits per heavy atom. The maximum Gasteiger partial charge on any atom is 0.175 e. The number of ether oxygens (including phenoxy) is 1. The van der Waals surface area contributed by atoms with Crippen molar-refractivity contribution in [2.24, 2.45) is 0 Å². The fraction of sp³-hybridized carbons (Fsp3) is 0. The normalized spacial score (nSPS) is 10.6. The van der Waals surface area contributed by atoms with Crippen LogP contribution >= 0.6 is 34.8 Å². The zero-order chi connectivity index (χ0) is 15.0. The van der Waals surface area contributed by atoms with E-state index < -0.39 is 0 Å². The summed E-state index contributed by atoms with van der Waals surface area (Å²) in [6, 6.07) is 8.27. The molecule has 0 saturated heterocycles. The van der Waals surface area contributed by atoms with Crippen molar-refractivity contribution < 1.29 is 4.74 Å². The Labute approximate surface area is 134 Å². The van der Waals surface area contributed by atoms with Crippen molar-refractivity contribution in [1.82, 2.24) is 15.4 Å². The summed E-state index contributed by atoms with van der Waals surface area (Å²) in [5.74, 6) is 0.508. The molecule has 0 aliphatic rings. The molecule has 0 bridgehead atoms. The highest BCUT2D eigenvalue weighted by Crippen LogP contribution is 2.39. The van der Waals surface area contributed by atoms with Crippen molar-refractivity contribution in [2.45, 2.75) is 0 Å². The van der Waals surface area contributed by atoms with Crippen LogP contribution in [0.2, 0.25) is 15.1 Å². The predicted octanol–water partition coefficient (Wildman–Crippen LogP) is 4.58. The van der Waals surface area contributed by atoms with Crippen LogP contribution in [0.4, 0.5) is 0 Å². The zero-order valence-electron chi connectivity index (χ0n) is 10.2. The van der Waals surface area contributed by atoms with Gasteiger partial charge in [-0.25, -0.2) is 0 Å². The molecule has 0 spiro atoms. The number of nitrogens with one attached hydrogen (secondary N) is 1. The monoisotopic (exact) mass is 338 g/mol. The molecule has 1 heterocycles. The summed E-state index contributed by atoms with van der Waals surface area (Å²) in [5.41, 5.74) is 1.33. The van der Waals surface area contributed by atoms with E-state index in [1.165, 1.54) is 12.1 Å². The Hall–Kier alpha value is -2.00. The molecule has 104 valence electrons. The molecule has 5 nitrogen and oxygen atoms in total. The van der Waals surface area contributed by atoms with Gasteiger partial charge in [0, 0.05) is 11.1 Å². The summed E-state index contributed by atoms with van der Waals surface area (Å²) in [5, 5.41) is 20.2. The number of hydrogen-bond donors (Lipinski definition) is 1. The molecule has 0 aliphatic heterocycles. The van der Waals surface area contributed by atoms with Crippen molar-refractivity contribution >= 4 is 45.8 Å². The Kier molecular flexibility index (Phi) is 3.60. The second-order valence-electron chi connectivity index (χ2n) is 4.06. The fourth-order valence-electron chi connectivity index (χ4n) is 1.79. The van der Waals surface area contributed by atoms with Gasteiger partial charge in [0.1, 0.15) is 16.8 Å². The largest absolute Gasteiger partial charge is 0.452 e. The van der Waals surface area contributed by atoms with Gasteiger partial charge in [-0.2, -0.15) is 5.26 Å². The maximum absolute atomic E-state index is 9.02. The molecule has 0 amide bonds. The van der Waals surface area contributed by atoms with Crippen LogP contribution in [0.25, 0.3) is 11.0 Å². The lowest BCUT2D eigenvalue weighted by atomic mass is 10.2. The van der Waals surface area contributed by atoms with Gasteiger partial charge in [0.05, 0.1) is 16.1 Å². The van der Waals surface area contributed by atoms with Crippen molar-refractivity contribution in [2.75, 3.05) is 0 Å². The van der Waals surface area contributed by atoms with E-state index in [1.54, 1.807) is 12.1 Å². The van der Waals surface area contributed by atoms with Gasteiger partial charge in [0.15, 0.2) is 11.3 Å². The number of hydrogen-bond acceptors (Lipinski definition) is 4. The summed E-state index contributed by atoms with van der Waals surface area (Å²) < 4.78 is 5.71. The minimum absolute atomic E-state index is 0.151. The SMILES string of the molecule is N#Cc1cc(Cl)cc(Oc2c(Cl)ccc3[nH]nnc23)c1Cl. The standard InChI is InChI=1S/C13H5Cl3N4O/c14-7-3-6(5-17)11(16)10(4-7)21-13-8(15)1-2-9-12(13)19-20-18-9/h1-4H,(H,18,19,20). The van der Waals surface area contributed by atoms with Crippen molar-refractivity contribution in [3.05, 3.63) is 44.9 Å². The minimum Gasteiger partial charge on any atom is -0.452 e. The average Bonchev–Trinajstić information content (AvgIpc) is 2.93. The summed E-state index contributed by atoms with van der Waals surface area (Å²) in [6.45, 7) is 0. The number of nitrogens with zero attached hydrogens (tertiary/aromatic N) is 3. The second-order valence-corrected chi connectivity index (χ2v) is 5.29. The van der Waals surface area contributed by atoms with Crippen LogP contribution in [-0.2, 0) is 0 Å². The first kappa shape index (κ1) is 14.0. The van der Waals surface area contributed by atoms with Gasteiger partial charge in [-0.3, -0.25) is 5.10 Å². The number of aromatic amines is 1. The highest BCUT2D eigenvalue weighted by atomic mass is 35.5. The van der Waals surface area contributed by atoms with E-state index >= 15 is 0 Å². The highest BCUT2D eigenvalue weighted by Gasteiger charge is 2.16. The van der Waals surface area contributed by atoms with Crippen LogP contribution in [0, 0.1) is 11.3 Å². The lowest BCUT2D eigenvalue weighted by Gasteiger charge is -2.10. The van der Waals surface area contributed by atoms with Gasteiger partial charge in [0.25, 0.3) is 0 Å².